The zero-order valence-electron chi connectivity index (χ0n) is 10.8. The molecule has 17 heavy (non-hydrogen) atoms. The third-order valence-electron chi connectivity index (χ3n) is 3.72. The van der Waals surface area contributed by atoms with Crippen molar-refractivity contribution in [2.24, 2.45) is 0 Å². The van der Waals surface area contributed by atoms with Crippen molar-refractivity contribution in [1.29, 1.82) is 0 Å². The minimum atomic E-state index is -0.0571. The van der Waals surface area contributed by atoms with Gasteiger partial charge in [0.15, 0.2) is 0 Å². The summed E-state index contributed by atoms with van der Waals surface area (Å²) >= 11 is 1.84. The summed E-state index contributed by atoms with van der Waals surface area (Å²) in [6, 6.07) is 4.94. The highest BCUT2D eigenvalue weighted by Crippen LogP contribution is 2.27. The van der Waals surface area contributed by atoms with Crippen molar-refractivity contribution in [2.45, 2.75) is 57.1 Å². The maximum Gasteiger partial charge on any atom is 0.0541 e. The lowest BCUT2D eigenvalue weighted by atomic mass is 9.89. The Morgan fingerprint density at radius 1 is 1.35 bits per heavy atom. The monoisotopic (exact) mass is 253 g/mol. The number of rotatable bonds is 4. The minimum absolute atomic E-state index is 0.0571. The second-order valence-electron chi connectivity index (χ2n) is 5.75. The summed E-state index contributed by atoms with van der Waals surface area (Å²) in [5, 5.41) is 15.3. The molecule has 1 aliphatic carbocycles. The number of hydrogen-bond donors (Lipinski definition) is 2. The summed E-state index contributed by atoms with van der Waals surface area (Å²) in [7, 11) is 0. The molecule has 0 unspecified atom stereocenters. The number of aliphatic hydroxyl groups excluding tert-OH is 1. The van der Waals surface area contributed by atoms with Crippen molar-refractivity contribution in [3.8, 4) is 0 Å². The molecule has 0 aliphatic heterocycles. The molecule has 0 spiro atoms. The van der Waals surface area contributed by atoms with Crippen LogP contribution in [-0.2, 0) is 5.41 Å². The number of nitrogens with one attached hydrogen (secondary N) is 1. The SMILES string of the molecule is CC(C)(CNC1CCC(O)CC1)c1cccs1. The van der Waals surface area contributed by atoms with Crippen LogP contribution in [0.25, 0.3) is 0 Å². The first-order chi connectivity index (χ1) is 8.08. The molecular weight excluding hydrogens is 230 g/mol. The number of thiophene rings is 1. The first kappa shape index (κ1) is 13.1. The Kier molecular flexibility index (Phi) is 4.23. The molecule has 1 saturated carbocycles. The Hall–Kier alpha value is -0.380. The number of hydrogen-bond acceptors (Lipinski definition) is 3. The van der Waals surface area contributed by atoms with Gasteiger partial charge in [0.2, 0.25) is 0 Å². The maximum atomic E-state index is 9.48. The van der Waals surface area contributed by atoms with E-state index in [2.05, 4.69) is 36.7 Å². The summed E-state index contributed by atoms with van der Waals surface area (Å²) < 4.78 is 0. The van der Waals surface area contributed by atoms with Crippen LogP contribution in [0.2, 0.25) is 0 Å². The van der Waals surface area contributed by atoms with Crippen LogP contribution in [-0.4, -0.2) is 23.8 Å². The van der Waals surface area contributed by atoms with E-state index in [1.54, 1.807) is 0 Å². The van der Waals surface area contributed by atoms with Crippen LogP contribution in [0.1, 0.15) is 44.4 Å². The Balaban J connectivity index is 1.81. The summed E-state index contributed by atoms with van der Waals surface area (Å²) in [6.45, 7) is 5.61. The highest BCUT2D eigenvalue weighted by atomic mass is 32.1. The van der Waals surface area contributed by atoms with Gasteiger partial charge < -0.3 is 10.4 Å². The Morgan fingerprint density at radius 3 is 2.65 bits per heavy atom. The van der Waals surface area contributed by atoms with Gasteiger partial charge in [0, 0.05) is 22.9 Å². The molecule has 0 saturated heterocycles. The van der Waals surface area contributed by atoms with Gasteiger partial charge in [0.05, 0.1) is 6.10 Å². The molecule has 1 heterocycles. The molecule has 0 amide bonds. The summed E-state index contributed by atoms with van der Waals surface area (Å²) in [5.41, 5.74) is 0.213. The summed E-state index contributed by atoms with van der Waals surface area (Å²) in [5.74, 6) is 0. The van der Waals surface area contributed by atoms with Crippen LogP contribution in [0.5, 0.6) is 0 Å². The third kappa shape index (κ3) is 3.54. The molecule has 2 N–H and O–H groups in total. The van der Waals surface area contributed by atoms with E-state index >= 15 is 0 Å². The largest absolute Gasteiger partial charge is 0.393 e. The Morgan fingerprint density at radius 2 is 2.06 bits per heavy atom. The van der Waals surface area contributed by atoms with Crippen LogP contribution in [0.3, 0.4) is 0 Å². The quantitative estimate of drug-likeness (QED) is 0.865. The van der Waals surface area contributed by atoms with Crippen molar-refractivity contribution < 1.29 is 5.11 Å². The highest BCUT2D eigenvalue weighted by molar-refractivity contribution is 7.10. The second kappa shape index (κ2) is 5.51. The van der Waals surface area contributed by atoms with Crippen molar-refractivity contribution in [3.05, 3.63) is 22.4 Å². The van der Waals surface area contributed by atoms with Crippen LogP contribution in [0, 0.1) is 0 Å². The molecule has 1 aromatic rings. The third-order valence-corrected chi connectivity index (χ3v) is 4.95. The predicted molar refractivity (Wildman–Crippen MR) is 73.6 cm³/mol. The van der Waals surface area contributed by atoms with Crippen LogP contribution in [0.15, 0.2) is 17.5 Å². The van der Waals surface area contributed by atoms with Gasteiger partial charge >= 0.3 is 0 Å². The molecule has 0 atom stereocenters. The van der Waals surface area contributed by atoms with Gasteiger partial charge in [-0.1, -0.05) is 19.9 Å². The minimum Gasteiger partial charge on any atom is -0.393 e. The molecule has 96 valence electrons. The van der Waals surface area contributed by atoms with E-state index in [1.807, 2.05) is 11.3 Å². The van der Waals surface area contributed by atoms with E-state index < -0.39 is 0 Å². The van der Waals surface area contributed by atoms with Gasteiger partial charge in [0.1, 0.15) is 0 Å². The maximum absolute atomic E-state index is 9.48. The van der Waals surface area contributed by atoms with Gasteiger partial charge in [-0.05, 0) is 37.1 Å². The van der Waals surface area contributed by atoms with Crippen LogP contribution >= 0.6 is 11.3 Å². The van der Waals surface area contributed by atoms with Crippen molar-refractivity contribution in [1.82, 2.24) is 5.32 Å². The Labute approximate surface area is 108 Å². The van der Waals surface area contributed by atoms with E-state index in [9.17, 15) is 5.11 Å². The molecular formula is C14H23NOS. The lowest BCUT2D eigenvalue weighted by Gasteiger charge is -2.31. The van der Waals surface area contributed by atoms with Gasteiger partial charge in [-0.25, -0.2) is 0 Å². The first-order valence-electron chi connectivity index (χ1n) is 6.53. The average Bonchev–Trinajstić information content (AvgIpc) is 2.82. The van der Waals surface area contributed by atoms with E-state index in [4.69, 9.17) is 0 Å². The second-order valence-corrected chi connectivity index (χ2v) is 6.70. The highest BCUT2D eigenvalue weighted by Gasteiger charge is 2.25. The first-order valence-corrected chi connectivity index (χ1v) is 7.41. The molecule has 2 nitrogen and oxygen atoms in total. The summed E-state index contributed by atoms with van der Waals surface area (Å²) in [4.78, 5) is 1.45. The smallest absolute Gasteiger partial charge is 0.0541 e. The molecule has 1 aromatic heterocycles. The average molecular weight is 253 g/mol. The fraction of sp³-hybridized carbons (Fsp3) is 0.714. The molecule has 0 bridgehead atoms. The fourth-order valence-electron chi connectivity index (χ4n) is 2.43. The van der Waals surface area contributed by atoms with E-state index in [0.29, 0.717) is 6.04 Å². The molecule has 0 aromatic carbocycles. The lowest BCUT2D eigenvalue weighted by Crippen LogP contribution is -2.41. The zero-order valence-corrected chi connectivity index (χ0v) is 11.6. The topological polar surface area (TPSA) is 32.3 Å². The summed E-state index contributed by atoms with van der Waals surface area (Å²) in [6.07, 6.45) is 4.08. The lowest BCUT2D eigenvalue weighted by molar-refractivity contribution is 0.115. The van der Waals surface area contributed by atoms with Crippen molar-refractivity contribution >= 4 is 11.3 Å². The van der Waals surface area contributed by atoms with Crippen LogP contribution < -0.4 is 5.32 Å². The normalized spacial score (nSPS) is 26.1. The van der Waals surface area contributed by atoms with E-state index in [1.165, 1.54) is 4.88 Å². The van der Waals surface area contributed by atoms with Crippen molar-refractivity contribution in [3.63, 3.8) is 0 Å². The standard InChI is InChI=1S/C14H23NOS/c1-14(2,13-4-3-9-17-13)10-15-11-5-7-12(16)8-6-11/h3-4,9,11-12,15-16H,5-8,10H2,1-2H3. The van der Waals surface area contributed by atoms with Crippen LogP contribution in [0.4, 0.5) is 0 Å². The molecule has 1 fully saturated rings. The van der Waals surface area contributed by atoms with Gasteiger partial charge in [-0.3, -0.25) is 0 Å². The molecule has 3 heteroatoms. The predicted octanol–water partition coefficient (Wildman–Crippen LogP) is 2.92. The van der Waals surface area contributed by atoms with Gasteiger partial charge in [-0.15, -0.1) is 11.3 Å². The van der Waals surface area contributed by atoms with Gasteiger partial charge in [-0.2, -0.15) is 0 Å². The fourth-order valence-corrected chi connectivity index (χ4v) is 3.28. The van der Waals surface area contributed by atoms with E-state index in [-0.39, 0.29) is 11.5 Å². The van der Waals surface area contributed by atoms with Gasteiger partial charge in [0.25, 0.3) is 0 Å². The Bertz CT molecular complexity index is 326. The van der Waals surface area contributed by atoms with E-state index in [0.717, 1.165) is 32.2 Å². The van der Waals surface area contributed by atoms with Crippen molar-refractivity contribution in [2.75, 3.05) is 6.54 Å². The number of aliphatic hydroxyl groups is 1. The zero-order chi connectivity index (χ0) is 12.3. The molecule has 1 aliphatic rings. The molecule has 0 radical (unpaired) electrons. The molecule has 2 rings (SSSR count).